The van der Waals surface area contributed by atoms with E-state index in [4.69, 9.17) is 10.2 Å². The Bertz CT molecular complexity index is 666. The highest BCUT2D eigenvalue weighted by Crippen LogP contribution is 2.17. The van der Waals surface area contributed by atoms with E-state index in [1.807, 2.05) is 25.1 Å². The molecule has 0 amide bonds. The van der Waals surface area contributed by atoms with Crippen molar-refractivity contribution in [1.29, 1.82) is 0 Å². The van der Waals surface area contributed by atoms with Gasteiger partial charge >= 0.3 is 0 Å². The molecule has 2 aromatic rings. The quantitative estimate of drug-likeness (QED) is 0.849. The fourth-order valence-corrected chi connectivity index (χ4v) is 3.74. The van der Waals surface area contributed by atoms with Crippen molar-refractivity contribution in [3.63, 3.8) is 0 Å². The molecule has 0 spiro atoms. The molecule has 0 aliphatic heterocycles. The van der Waals surface area contributed by atoms with Gasteiger partial charge in [-0.15, -0.1) is 0 Å². The number of nitrogens with zero attached hydrogens (tertiary/aromatic N) is 1. The van der Waals surface area contributed by atoms with Gasteiger partial charge in [-0.05, 0) is 23.3 Å². The fourth-order valence-electron chi connectivity index (χ4n) is 2.17. The third-order valence-electron chi connectivity index (χ3n) is 3.33. The van der Waals surface area contributed by atoms with Gasteiger partial charge in [0.25, 0.3) is 0 Å². The Morgan fingerprint density at radius 1 is 1.14 bits per heavy atom. The van der Waals surface area contributed by atoms with E-state index in [1.165, 1.54) is 4.31 Å². The van der Waals surface area contributed by atoms with Gasteiger partial charge in [-0.2, -0.15) is 4.31 Å². The van der Waals surface area contributed by atoms with E-state index in [0.717, 1.165) is 11.1 Å². The zero-order valence-corrected chi connectivity index (χ0v) is 12.8. The predicted octanol–water partition coefficient (Wildman–Crippen LogP) is 2.09. The minimum atomic E-state index is -3.42. The minimum absolute atomic E-state index is 0.0467. The van der Waals surface area contributed by atoms with Crippen molar-refractivity contribution in [2.24, 2.45) is 5.73 Å². The lowest BCUT2D eigenvalue weighted by Gasteiger charge is -2.20. The summed E-state index contributed by atoms with van der Waals surface area (Å²) in [6, 6.07) is 10.9. The second-order valence-electron chi connectivity index (χ2n) is 4.73. The number of rotatable bonds is 7. The van der Waals surface area contributed by atoms with Crippen LogP contribution in [0.4, 0.5) is 0 Å². The summed E-state index contributed by atoms with van der Waals surface area (Å²) in [5, 5.41) is 0. The first kappa shape index (κ1) is 15.8. The average molecular weight is 308 g/mol. The number of sulfonamides is 1. The van der Waals surface area contributed by atoms with Crippen LogP contribution >= 0.6 is 0 Å². The summed E-state index contributed by atoms with van der Waals surface area (Å²) >= 11 is 0. The molecule has 0 saturated carbocycles. The number of hydrogen-bond acceptors (Lipinski definition) is 4. The zero-order chi connectivity index (χ0) is 15.3. The maximum absolute atomic E-state index is 12.6. The van der Waals surface area contributed by atoms with Crippen molar-refractivity contribution in [2.45, 2.75) is 25.8 Å². The minimum Gasteiger partial charge on any atom is -0.468 e. The first-order chi connectivity index (χ1) is 10.1. The van der Waals surface area contributed by atoms with Gasteiger partial charge in [0.1, 0.15) is 5.76 Å². The van der Waals surface area contributed by atoms with Gasteiger partial charge in [-0.3, -0.25) is 0 Å². The molecule has 0 aliphatic carbocycles. The van der Waals surface area contributed by atoms with Crippen molar-refractivity contribution >= 4 is 10.0 Å². The second kappa shape index (κ2) is 6.89. The average Bonchev–Trinajstić information content (AvgIpc) is 2.97. The molecule has 0 bridgehead atoms. The van der Waals surface area contributed by atoms with Crippen LogP contribution in [0.15, 0.2) is 47.1 Å². The Balaban J connectivity index is 2.19. The molecule has 0 radical (unpaired) electrons. The standard InChI is InChI=1S/C15H20N2O3S/c1-2-17(11-15-8-5-9-20-15)21(18,19)12-14-7-4-3-6-13(14)10-16/h3-9H,2,10-12,16H2,1H3. The molecule has 114 valence electrons. The highest BCUT2D eigenvalue weighted by atomic mass is 32.2. The molecule has 0 atom stereocenters. The van der Waals surface area contributed by atoms with E-state index in [9.17, 15) is 8.42 Å². The Kier molecular flexibility index (Phi) is 5.17. The summed E-state index contributed by atoms with van der Waals surface area (Å²) in [5.74, 6) is 0.585. The van der Waals surface area contributed by atoms with Gasteiger partial charge in [0.05, 0.1) is 18.6 Å². The summed E-state index contributed by atoms with van der Waals surface area (Å²) in [7, 11) is -3.42. The van der Waals surface area contributed by atoms with Gasteiger partial charge in [-0.25, -0.2) is 8.42 Å². The van der Waals surface area contributed by atoms with Gasteiger partial charge in [0.15, 0.2) is 0 Å². The van der Waals surface area contributed by atoms with Gasteiger partial charge in [0.2, 0.25) is 10.0 Å². The normalized spacial score (nSPS) is 12.0. The second-order valence-corrected chi connectivity index (χ2v) is 6.70. The molecule has 6 heteroatoms. The summed E-state index contributed by atoms with van der Waals surface area (Å²) in [6.45, 7) is 2.79. The van der Waals surface area contributed by atoms with Crippen LogP contribution in [0.25, 0.3) is 0 Å². The third kappa shape index (κ3) is 3.93. The maximum Gasteiger partial charge on any atom is 0.218 e. The van der Waals surface area contributed by atoms with E-state index in [1.54, 1.807) is 24.5 Å². The molecule has 0 unspecified atom stereocenters. The number of benzene rings is 1. The van der Waals surface area contributed by atoms with Gasteiger partial charge in [-0.1, -0.05) is 31.2 Å². The molecule has 2 rings (SSSR count). The van der Waals surface area contributed by atoms with Crippen molar-refractivity contribution < 1.29 is 12.8 Å². The fraction of sp³-hybridized carbons (Fsp3) is 0.333. The molecule has 2 N–H and O–H groups in total. The van der Waals surface area contributed by atoms with Crippen LogP contribution in [0.2, 0.25) is 0 Å². The molecule has 0 aliphatic rings. The lowest BCUT2D eigenvalue weighted by Crippen LogP contribution is -2.31. The lowest BCUT2D eigenvalue weighted by molar-refractivity contribution is 0.375. The van der Waals surface area contributed by atoms with E-state index in [0.29, 0.717) is 18.8 Å². The molecule has 1 aromatic carbocycles. The molecule has 0 saturated heterocycles. The molecular weight excluding hydrogens is 288 g/mol. The smallest absolute Gasteiger partial charge is 0.218 e. The van der Waals surface area contributed by atoms with Crippen LogP contribution in [-0.2, 0) is 28.9 Å². The predicted molar refractivity (Wildman–Crippen MR) is 81.7 cm³/mol. The van der Waals surface area contributed by atoms with Crippen molar-refractivity contribution in [3.05, 3.63) is 59.5 Å². The van der Waals surface area contributed by atoms with Crippen molar-refractivity contribution in [2.75, 3.05) is 6.54 Å². The van der Waals surface area contributed by atoms with Crippen LogP contribution in [0.5, 0.6) is 0 Å². The topological polar surface area (TPSA) is 76.5 Å². The highest BCUT2D eigenvalue weighted by molar-refractivity contribution is 7.88. The SMILES string of the molecule is CCN(Cc1ccco1)S(=O)(=O)Cc1ccccc1CN. The molecule has 1 aromatic heterocycles. The number of nitrogens with two attached hydrogens (primary N) is 1. The first-order valence-corrected chi connectivity index (χ1v) is 8.44. The van der Waals surface area contributed by atoms with E-state index in [2.05, 4.69) is 0 Å². The lowest BCUT2D eigenvalue weighted by atomic mass is 10.1. The van der Waals surface area contributed by atoms with E-state index < -0.39 is 10.0 Å². The molecular formula is C15H20N2O3S. The Morgan fingerprint density at radius 3 is 2.43 bits per heavy atom. The molecule has 0 fully saturated rings. The molecule has 21 heavy (non-hydrogen) atoms. The van der Waals surface area contributed by atoms with Gasteiger partial charge in [0, 0.05) is 13.1 Å². The van der Waals surface area contributed by atoms with Crippen LogP contribution in [-0.4, -0.2) is 19.3 Å². The van der Waals surface area contributed by atoms with E-state index in [-0.39, 0.29) is 12.3 Å². The summed E-state index contributed by atoms with van der Waals surface area (Å²) in [5.41, 5.74) is 7.27. The van der Waals surface area contributed by atoms with E-state index >= 15 is 0 Å². The van der Waals surface area contributed by atoms with Crippen LogP contribution in [0.3, 0.4) is 0 Å². The molecule has 5 nitrogen and oxygen atoms in total. The Labute approximate surface area is 125 Å². The van der Waals surface area contributed by atoms with Crippen LogP contribution in [0, 0.1) is 0 Å². The molecule has 1 heterocycles. The summed E-state index contributed by atoms with van der Waals surface area (Å²) in [4.78, 5) is 0. The largest absolute Gasteiger partial charge is 0.468 e. The summed E-state index contributed by atoms with van der Waals surface area (Å²) < 4.78 is 31.8. The number of furan rings is 1. The maximum atomic E-state index is 12.6. The summed E-state index contributed by atoms with van der Waals surface area (Å²) in [6.07, 6.45) is 1.54. The highest BCUT2D eigenvalue weighted by Gasteiger charge is 2.23. The van der Waals surface area contributed by atoms with Crippen molar-refractivity contribution in [1.82, 2.24) is 4.31 Å². The Morgan fingerprint density at radius 2 is 1.86 bits per heavy atom. The Hall–Kier alpha value is -1.63. The monoisotopic (exact) mass is 308 g/mol. The van der Waals surface area contributed by atoms with Crippen molar-refractivity contribution in [3.8, 4) is 0 Å². The van der Waals surface area contributed by atoms with Gasteiger partial charge < -0.3 is 10.2 Å². The van der Waals surface area contributed by atoms with Crippen LogP contribution in [0.1, 0.15) is 23.8 Å². The number of hydrogen-bond donors (Lipinski definition) is 1. The zero-order valence-electron chi connectivity index (χ0n) is 12.0. The first-order valence-electron chi connectivity index (χ1n) is 6.84. The third-order valence-corrected chi connectivity index (χ3v) is 5.18. The van der Waals surface area contributed by atoms with Crippen LogP contribution < -0.4 is 5.73 Å².